The molecule has 10 heteroatoms. The molecule has 0 bridgehead atoms. The van der Waals surface area contributed by atoms with E-state index in [1.807, 2.05) is 44.2 Å². The Hall–Kier alpha value is -4.70. The Labute approximate surface area is 246 Å². The number of rotatable bonds is 8. The maximum Gasteiger partial charge on any atom is 0.338 e. The van der Waals surface area contributed by atoms with Crippen molar-refractivity contribution < 1.29 is 28.2 Å². The predicted molar refractivity (Wildman–Crippen MR) is 158 cm³/mol. The summed E-state index contributed by atoms with van der Waals surface area (Å²) in [6.07, 6.45) is 1.66. The van der Waals surface area contributed by atoms with Gasteiger partial charge in [-0.15, -0.1) is 0 Å². The number of benzene rings is 2. The van der Waals surface area contributed by atoms with Crippen LogP contribution in [0.2, 0.25) is 0 Å². The van der Waals surface area contributed by atoms with Crippen LogP contribution in [0.5, 0.6) is 5.75 Å². The first-order valence-corrected chi connectivity index (χ1v) is 14.3. The molecule has 0 fully saturated rings. The lowest BCUT2D eigenvalue weighted by atomic mass is 9.96. The molecule has 0 spiro atoms. The largest absolute Gasteiger partial charge is 0.494 e. The topological polar surface area (TPSA) is 109 Å². The summed E-state index contributed by atoms with van der Waals surface area (Å²) in [5.41, 5.74) is 3.27. The van der Waals surface area contributed by atoms with Crippen LogP contribution in [0, 0.1) is 6.92 Å². The van der Waals surface area contributed by atoms with Crippen molar-refractivity contribution in [3.05, 3.63) is 108 Å². The molecular weight excluding hydrogens is 556 g/mol. The molecule has 0 saturated heterocycles. The van der Waals surface area contributed by atoms with E-state index >= 15 is 0 Å². The minimum absolute atomic E-state index is 0.193. The van der Waals surface area contributed by atoms with Crippen LogP contribution >= 0.6 is 11.3 Å². The number of aryl methyl sites for hydroxylation is 1. The molecule has 2 aromatic carbocycles. The minimum atomic E-state index is -0.728. The second-order valence-electron chi connectivity index (χ2n) is 9.53. The van der Waals surface area contributed by atoms with E-state index in [1.165, 1.54) is 23.0 Å². The van der Waals surface area contributed by atoms with Gasteiger partial charge in [0.1, 0.15) is 17.3 Å². The van der Waals surface area contributed by atoms with E-state index in [4.69, 9.17) is 18.6 Å². The molecule has 216 valence electrons. The fraction of sp³-hybridized carbons (Fsp3) is 0.250. The van der Waals surface area contributed by atoms with Gasteiger partial charge in [-0.25, -0.2) is 14.6 Å². The van der Waals surface area contributed by atoms with Crippen molar-refractivity contribution in [2.75, 3.05) is 20.3 Å². The SMILES string of the molecule is CCOC(=O)C1=C(C)N=c2s/c(=C/c3ccc(-c4cc(C(=O)OC)ccc4C)o3)c(=O)n2[C@@H]1c1ccc(OCC)cc1. The average molecular weight is 587 g/mol. The number of carbonyl (C=O) groups excluding carboxylic acids is 2. The summed E-state index contributed by atoms with van der Waals surface area (Å²) in [5.74, 6) is 0.728. The summed E-state index contributed by atoms with van der Waals surface area (Å²) in [6, 6.07) is 15.4. The highest BCUT2D eigenvalue weighted by Crippen LogP contribution is 2.32. The van der Waals surface area contributed by atoms with E-state index in [1.54, 1.807) is 44.2 Å². The van der Waals surface area contributed by atoms with Crippen LogP contribution in [0.3, 0.4) is 0 Å². The van der Waals surface area contributed by atoms with Gasteiger partial charge in [-0.05, 0) is 75.2 Å². The third kappa shape index (κ3) is 5.45. The summed E-state index contributed by atoms with van der Waals surface area (Å²) in [4.78, 5) is 44.1. The number of hydrogen-bond donors (Lipinski definition) is 0. The Morgan fingerprint density at radius 3 is 2.48 bits per heavy atom. The first-order valence-electron chi connectivity index (χ1n) is 13.5. The molecule has 0 amide bonds. The highest BCUT2D eigenvalue weighted by Gasteiger charge is 2.33. The van der Waals surface area contributed by atoms with Gasteiger partial charge in [0.05, 0.1) is 47.7 Å². The zero-order valence-corrected chi connectivity index (χ0v) is 24.7. The van der Waals surface area contributed by atoms with Gasteiger partial charge in [0, 0.05) is 11.6 Å². The van der Waals surface area contributed by atoms with E-state index in [0.717, 1.165) is 16.7 Å². The lowest BCUT2D eigenvalue weighted by Gasteiger charge is -2.24. The monoisotopic (exact) mass is 586 g/mol. The molecule has 9 nitrogen and oxygen atoms in total. The molecule has 3 heterocycles. The fourth-order valence-electron chi connectivity index (χ4n) is 4.86. The van der Waals surface area contributed by atoms with Gasteiger partial charge in [-0.3, -0.25) is 9.36 Å². The number of esters is 2. The Morgan fingerprint density at radius 2 is 1.79 bits per heavy atom. The van der Waals surface area contributed by atoms with Crippen molar-refractivity contribution in [2.45, 2.75) is 33.7 Å². The van der Waals surface area contributed by atoms with E-state index in [-0.39, 0.29) is 12.2 Å². The van der Waals surface area contributed by atoms with Crippen LogP contribution in [0.25, 0.3) is 17.4 Å². The van der Waals surface area contributed by atoms with E-state index in [9.17, 15) is 14.4 Å². The molecule has 0 radical (unpaired) electrons. The molecular formula is C32H30N2O7S. The Morgan fingerprint density at radius 1 is 1.02 bits per heavy atom. The van der Waals surface area contributed by atoms with Gasteiger partial charge in [-0.1, -0.05) is 29.5 Å². The Kier molecular flexibility index (Phi) is 8.26. The fourth-order valence-corrected chi connectivity index (χ4v) is 5.88. The Bertz CT molecular complexity index is 1880. The molecule has 0 unspecified atom stereocenters. The van der Waals surface area contributed by atoms with E-state index < -0.39 is 18.0 Å². The summed E-state index contributed by atoms with van der Waals surface area (Å²) >= 11 is 1.21. The predicted octanol–water partition coefficient (Wildman–Crippen LogP) is 4.55. The second-order valence-corrected chi connectivity index (χ2v) is 10.5. The van der Waals surface area contributed by atoms with Crippen LogP contribution in [0.4, 0.5) is 0 Å². The van der Waals surface area contributed by atoms with Gasteiger partial charge < -0.3 is 18.6 Å². The summed E-state index contributed by atoms with van der Waals surface area (Å²) in [5, 5.41) is 0. The quantitative estimate of drug-likeness (QED) is 0.279. The maximum absolute atomic E-state index is 13.9. The van der Waals surface area contributed by atoms with Crippen molar-refractivity contribution in [2.24, 2.45) is 4.99 Å². The lowest BCUT2D eigenvalue weighted by Crippen LogP contribution is -2.39. The van der Waals surface area contributed by atoms with Gasteiger partial charge in [-0.2, -0.15) is 0 Å². The number of allylic oxidation sites excluding steroid dienone is 1. The molecule has 4 aromatic rings. The van der Waals surface area contributed by atoms with Crippen LogP contribution < -0.4 is 19.6 Å². The number of methoxy groups -OCH3 is 1. The molecule has 0 saturated carbocycles. The van der Waals surface area contributed by atoms with Crippen LogP contribution in [0.1, 0.15) is 54.1 Å². The number of furan rings is 1. The highest BCUT2D eigenvalue weighted by molar-refractivity contribution is 7.07. The summed E-state index contributed by atoms with van der Waals surface area (Å²) < 4.78 is 23.8. The van der Waals surface area contributed by atoms with Gasteiger partial charge >= 0.3 is 11.9 Å². The molecule has 0 N–H and O–H groups in total. The standard InChI is InChI=1S/C32H30N2O7S/c1-6-39-22-12-10-20(11-13-22)28-27(31(37)40-7-2)19(4)33-32-34(28)29(35)26(42-32)17-23-14-15-25(41-23)24-16-21(30(36)38-5)9-8-18(24)3/h8-17,28H,6-7H2,1-5H3/b26-17+/t28-/m1/s1. The number of ether oxygens (including phenoxy) is 3. The highest BCUT2D eigenvalue weighted by atomic mass is 32.1. The lowest BCUT2D eigenvalue weighted by molar-refractivity contribution is -0.139. The number of thiazole rings is 1. The molecule has 1 aliphatic rings. The normalized spacial score (nSPS) is 14.8. The van der Waals surface area contributed by atoms with Crippen LogP contribution in [-0.4, -0.2) is 36.8 Å². The molecule has 42 heavy (non-hydrogen) atoms. The number of nitrogens with zero attached hydrogens (tertiary/aromatic N) is 2. The van der Waals surface area contributed by atoms with E-state index in [2.05, 4.69) is 4.99 Å². The number of carbonyl (C=O) groups is 2. The van der Waals surface area contributed by atoms with Gasteiger partial charge in [0.15, 0.2) is 4.80 Å². The molecule has 1 atom stereocenters. The number of aromatic nitrogens is 1. The molecule has 5 rings (SSSR count). The zero-order valence-electron chi connectivity index (χ0n) is 23.9. The third-order valence-electron chi connectivity index (χ3n) is 6.85. The average Bonchev–Trinajstić information content (AvgIpc) is 3.56. The smallest absolute Gasteiger partial charge is 0.338 e. The molecule has 1 aliphatic heterocycles. The molecule has 0 aliphatic carbocycles. The van der Waals surface area contributed by atoms with Crippen molar-refractivity contribution in [3.8, 4) is 17.1 Å². The van der Waals surface area contributed by atoms with Crippen molar-refractivity contribution in [3.63, 3.8) is 0 Å². The van der Waals surface area contributed by atoms with Crippen molar-refractivity contribution >= 4 is 29.4 Å². The summed E-state index contributed by atoms with van der Waals surface area (Å²) in [6.45, 7) is 8.01. The van der Waals surface area contributed by atoms with Gasteiger partial charge in [0.25, 0.3) is 5.56 Å². The zero-order chi connectivity index (χ0) is 30.0. The Balaban J connectivity index is 1.60. The van der Waals surface area contributed by atoms with E-state index in [0.29, 0.717) is 50.0 Å². The first-order chi connectivity index (χ1) is 20.2. The number of fused-ring (bicyclic) bond motifs is 1. The second kappa shape index (κ2) is 12.0. The third-order valence-corrected chi connectivity index (χ3v) is 7.83. The van der Waals surface area contributed by atoms with Gasteiger partial charge in [0.2, 0.25) is 0 Å². The van der Waals surface area contributed by atoms with Crippen LogP contribution in [-0.2, 0) is 14.3 Å². The minimum Gasteiger partial charge on any atom is -0.494 e. The van der Waals surface area contributed by atoms with Crippen molar-refractivity contribution in [1.29, 1.82) is 0 Å². The summed E-state index contributed by atoms with van der Waals surface area (Å²) in [7, 11) is 1.33. The first kappa shape index (κ1) is 28.8. The maximum atomic E-state index is 13.9. The van der Waals surface area contributed by atoms with Crippen LogP contribution in [0.15, 0.2) is 80.1 Å². The molecule has 2 aromatic heterocycles. The van der Waals surface area contributed by atoms with Crippen molar-refractivity contribution in [1.82, 2.24) is 4.57 Å². The number of hydrogen-bond acceptors (Lipinski definition) is 9.